The molecule has 1 aromatic rings. The first-order valence-electron chi connectivity index (χ1n) is 7.00. The lowest BCUT2D eigenvalue weighted by Crippen LogP contribution is -2.16. The first-order valence-corrected chi connectivity index (χ1v) is 7.00. The van der Waals surface area contributed by atoms with Gasteiger partial charge in [0.05, 0.1) is 4.92 Å². The molecule has 0 saturated heterocycles. The summed E-state index contributed by atoms with van der Waals surface area (Å²) < 4.78 is 1.73. The summed E-state index contributed by atoms with van der Waals surface area (Å²) in [7, 11) is 0. The second-order valence-corrected chi connectivity index (χ2v) is 5.46. The Morgan fingerprint density at radius 3 is 2.79 bits per heavy atom. The number of aryl methyl sites for hydroxylation is 2. The van der Waals surface area contributed by atoms with E-state index >= 15 is 0 Å². The second-order valence-electron chi connectivity index (χ2n) is 5.46. The van der Waals surface area contributed by atoms with Gasteiger partial charge in [-0.1, -0.05) is 13.8 Å². The van der Waals surface area contributed by atoms with Gasteiger partial charge < -0.3 is 5.32 Å². The Morgan fingerprint density at radius 1 is 1.58 bits per heavy atom. The Kier molecular flexibility index (Phi) is 4.07. The summed E-state index contributed by atoms with van der Waals surface area (Å²) in [6, 6.07) is 0. The highest BCUT2D eigenvalue weighted by Crippen LogP contribution is 2.37. The summed E-state index contributed by atoms with van der Waals surface area (Å²) in [5.41, 5.74) is 0.608. The van der Waals surface area contributed by atoms with Crippen LogP contribution in [0.5, 0.6) is 0 Å². The van der Waals surface area contributed by atoms with Crippen LogP contribution < -0.4 is 5.32 Å². The zero-order valence-electron chi connectivity index (χ0n) is 11.8. The van der Waals surface area contributed by atoms with Crippen molar-refractivity contribution < 1.29 is 4.92 Å². The molecule has 1 aliphatic rings. The highest BCUT2D eigenvalue weighted by Gasteiger charge is 2.30. The fourth-order valence-electron chi connectivity index (χ4n) is 2.43. The van der Waals surface area contributed by atoms with E-state index < -0.39 is 0 Å². The molecule has 106 valence electrons. The molecule has 0 radical (unpaired) electrons. The lowest BCUT2D eigenvalue weighted by atomic mass is 10.1. The topological polar surface area (TPSA) is 73.0 Å². The van der Waals surface area contributed by atoms with E-state index in [1.807, 2.05) is 6.92 Å². The minimum atomic E-state index is -0.335. The van der Waals surface area contributed by atoms with Crippen LogP contribution in [0.3, 0.4) is 0 Å². The Hall–Kier alpha value is -1.59. The fourth-order valence-corrected chi connectivity index (χ4v) is 2.43. The van der Waals surface area contributed by atoms with Gasteiger partial charge in [-0.05, 0) is 38.0 Å². The van der Waals surface area contributed by atoms with Crippen LogP contribution in [0, 0.1) is 28.9 Å². The number of nitro groups is 1. The molecular formula is C13H22N4O2. The number of anilines is 1. The number of hydrogen-bond acceptors (Lipinski definition) is 4. The van der Waals surface area contributed by atoms with Crippen LogP contribution in [-0.4, -0.2) is 21.2 Å². The van der Waals surface area contributed by atoms with Gasteiger partial charge in [0.15, 0.2) is 0 Å². The summed E-state index contributed by atoms with van der Waals surface area (Å²) in [6.45, 7) is 7.41. The molecule has 0 amide bonds. The Bertz CT molecular complexity index is 465. The SMILES string of the molecule is CCCn1nc(C)c([N+](=O)[O-])c1NCC(C)C1CC1. The maximum absolute atomic E-state index is 11.2. The first kappa shape index (κ1) is 13.8. The van der Waals surface area contributed by atoms with E-state index in [-0.39, 0.29) is 10.6 Å². The Labute approximate surface area is 113 Å². The quantitative estimate of drug-likeness (QED) is 0.608. The van der Waals surface area contributed by atoms with Crippen molar-refractivity contribution in [2.24, 2.45) is 11.8 Å². The van der Waals surface area contributed by atoms with Crippen molar-refractivity contribution in [1.82, 2.24) is 9.78 Å². The molecule has 19 heavy (non-hydrogen) atoms. The summed E-state index contributed by atoms with van der Waals surface area (Å²) in [5.74, 6) is 1.91. The number of hydrogen-bond donors (Lipinski definition) is 1. The van der Waals surface area contributed by atoms with Gasteiger partial charge in [0, 0.05) is 13.1 Å². The van der Waals surface area contributed by atoms with E-state index in [0.29, 0.717) is 24.0 Å². The highest BCUT2D eigenvalue weighted by molar-refractivity contribution is 5.59. The largest absolute Gasteiger partial charge is 0.364 e. The van der Waals surface area contributed by atoms with Gasteiger partial charge in [-0.15, -0.1) is 0 Å². The van der Waals surface area contributed by atoms with Crippen LogP contribution >= 0.6 is 0 Å². The minimum absolute atomic E-state index is 0.122. The molecule has 0 spiro atoms. The average molecular weight is 266 g/mol. The maximum Gasteiger partial charge on any atom is 0.333 e. The molecule has 0 aromatic carbocycles. The van der Waals surface area contributed by atoms with E-state index in [9.17, 15) is 10.1 Å². The first-order chi connectivity index (χ1) is 9.04. The molecule has 1 heterocycles. The van der Waals surface area contributed by atoms with Crippen LogP contribution in [0.2, 0.25) is 0 Å². The zero-order chi connectivity index (χ0) is 14.0. The van der Waals surface area contributed by atoms with Crippen molar-refractivity contribution in [2.45, 2.75) is 46.6 Å². The normalized spacial score (nSPS) is 16.4. The fraction of sp³-hybridized carbons (Fsp3) is 0.769. The third-order valence-electron chi connectivity index (χ3n) is 3.73. The van der Waals surface area contributed by atoms with Crippen LogP contribution in [-0.2, 0) is 6.54 Å². The van der Waals surface area contributed by atoms with Gasteiger partial charge in [0.2, 0.25) is 5.82 Å². The minimum Gasteiger partial charge on any atom is -0.364 e. The summed E-state index contributed by atoms with van der Waals surface area (Å²) >= 11 is 0. The van der Waals surface area contributed by atoms with Crippen molar-refractivity contribution in [3.63, 3.8) is 0 Å². The van der Waals surface area contributed by atoms with E-state index in [1.54, 1.807) is 11.6 Å². The molecule has 1 fully saturated rings. The lowest BCUT2D eigenvalue weighted by Gasteiger charge is -2.13. The molecule has 0 aliphatic heterocycles. The zero-order valence-corrected chi connectivity index (χ0v) is 11.8. The monoisotopic (exact) mass is 266 g/mol. The smallest absolute Gasteiger partial charge is 0.333 e. The summed E-state index contributed by atoms with van der Waals surface area (Å²) in [6.07, 6.45) is 3.49. The van der Waals surface area contributed by atoms with Gasteiger partial charge >= 0.3 is 5.69 Å². The Balaban J connectivity index is 2.16. The molecule has 6 nitrogen and oxygen atoms in total. The maximum atomic E-state index is 11.2. The van der Waals surface area contributed by atoms with Gasteiger partial charge in [-0.3, -0.25) is 10.1 Å². The van der Waals surface area contributed by atoms with Crippen molar-refractivity contribution in [1.29, 1.82) is 0 Å². The molecule has 1 atom stereocenters. The molecule has 1 aliphatic carbocycles. The second kappa shape index (κ2) is 5.59. The lowest BCUT2D eigenvalue weighted by molar-refractivity contribution is -0.384. The van der Waals surface area contributed by atoms with Gasteiger partial charge in [0.25, 0.3) is 0 Å². The number of nitrogens with zero attached hydrogens (tertiary/aromatic N) is 3. The molecule has 1 unspecified atom stereocenters. The molecule has 2 rings (SSSR count). The molecule has 6 heteroatoms. The van der Waals surface area contributed by atoms with Gasteiger partial charge in [-0.2, -0.15) is 5.10 Å². The van der Waals surface area contributed by atoms with Crippen molar-refractivity contribution in [3.05, 3.63) is 15.8 Å². The van der Waals surface area contributed by atoms with Gasteiger partial charge in [0.1, 0.15) is 5.69 Å². The standard InChI is InChI=1S/C13H22N4O2/c1-4-7-16-13(12(17(18)19)10(3)15-16)14-8-9(2)11-5-6-11/h9,11,14H,4-8H2,1-3H3. The molecule has 0 bridgehead atoms. The van der Waals surface area contributed by atoms with E-state index in [1.165, 1.54) is 12.8 Å². The molecular weight excluding hydrogens is 244 g/mol. The molecule has 1 N–H and O–H groups in total. The van der Waals surface area contributed by atoms with Crippen molar-refractivity contribution >= 4 is 11.5 Å². The van der Waals surface area contributed by atoms with E-state index in [4.69, 9.17) is 0 Å². The third kappa shape index (κ3) is 3.05. The van der Waals surface area contributed by atoms with Gasteiger partial charge in [-0.25, -0.2) is 4.68 Å². The van der Waals surface area contributed by atoms with Crippen molar-refractivity contribution in [2.75, 3.05) is 11.9 Å². The van der Waals surface area contributed by atoms with Crippen LogP contribution in [0.15, 0.2) is 0 Å². The van der Waals surface area contributed by atoms with E-state index in [2.05, 4.69) is 17.3 Å². The predicted octanol–water partition coefficient (Wildman–Crippen LogP) is 2.97. The van der Waals surface area contributed by atoms with Crippen molar-refractivity contribution in [3.8, 4) is 0 Å². The van der Waals surface area contributed by atoms with E-state index in [0.717, 1.165) is 18.9 Å². The number of nitrogens with one attached hydrogen (secondary N) is 1. The average Bonchev–Trinajstić information content (AvgIpc) is 3.12. The number of aromatic nitrogens is 2. The summed E-state index contributed by atoms with van der Waals surface area (Å²) in [4.78, 5) is 10.8. The highest BCUT2D eigenvalue weighted by atomic mass is 16.6. The van der Waals surface area contributed by atoms with Crippen LogP contribution in [0.1, 0.15) is 38.8 Å². The Morgan fingerprint density at radius 2 is 2.26 bits per heavy atom. The van der Waals surface area contributed by atoms with Crippen LogP contribution in [0.25, 0.3) is 0 Å². The predicted molar refractivity (Wildman–Crippen MR) is 74.3 cm³/mol. The molecule has 1 saturated carbocycles. The third-order valence-corrected chi connectivity index (χ3v) is 3.73. The number of rotatable bonds is 7. The summed E-state index contributed by atoms with van der Waals surface area (Å²) in [5, 5.41) is 18.7. The molecule has 1 aromatic heterocycles. The van der Waals surface area contributed by atoms with Crippen LogP contribution in [0.4, 0.5) is 11.5 Å².